The van der Waals surface area contributed by atoms with Gasteiger partial charge < -0.3 is 0 Å². The second-order valence-electron chi connectivity index (χ2n) is 7.49. The van der Waals surface area contributed by atoms with Crippen LogP contribution in [-0.2, 0) is 0 Å². The van der Waals surface area contributed by atoms with E-state index in [4.69, 9.17) is 4.98 Å². The average molecular weight is 444 g/mol. The average Bonchev–Trinajstić information content (AvgIpc) is 3.34. The highest BCUT2D eigenvalue weighted by molar-refractivity contribution is 7.99. The number of Topliss-reactive ketones (excluding diaryl/α,β-unsaturated/α-hetero) is 1. The van der Waals surface area contributed by atoms with Crippen LogP contribution in [0.3, 0.4) is 0 Å². The molecule has 1 fully saturated rings. The number of nitrogens with zero attached hydrogens (tertiary/aromatic N) is 3. The minimum atomic E-state index is -0.515. The van der Waals surface area contributed by atoms with Gasteiger partial charge in [-0.1, -0.05) is 36.7 Å². The SMILES string of the molecule is Cc1sc2nc(SCC(=O)c3cccc([N+](=O)[O-])c3)n(C3CCCC3)c(=O)c2c1C. The standard InChI is InChI=1S/C21H21N3O4S2/c1-12-13(2)30-19-18(12)20(26)23(15-7-3-4-8-15)21(22-19)29-11-17(25)14-6-5-9-16(10-14)24(27)28/h5-6,9-10,15H,3-4,7-8,11H2,1-2H3. The number of benzene rings is 1. The van der Waals surface area contributed by atoms with Gasteiger partial charge in [-0.2, -0.15) is 0 Å². The number of rotatable bonds is 6. The van der Waals surface area contributed by atoms with Crippen LogP contribution in [0.25, 0.3) is 10.2 Å². The monoisotopic (exact) mass is 443 g/mol. The summed E-state index contributed by atoms with van der Waals surface area (Å²) in [5, 5.41) is 12.2. The van der Waals surface area contributed by atoms with Crippen LogP contribution < -0.4 is 5.56 Å². The summed E-state index contributed by atoms with van der Waals surface area (Å²) in [5.41, 5.74) is 1.12. The van der Waals surface area contributed by atoms with Gasteiger partial charge in [0.25, 0.3) is 11.2 Å². The minimum absolute atomic E-state index is 0.0287. The predicted molar refractivity (Wildman–Crippen MR) is 119 cm³/mol. The second kappa shape index (κ2) is 8.31. The Labute approximate surface area is 181 Å². The van der Waals surface area contributed by atoms with Gasteiger partial charge in [-0.15, -0.1) is 11.3 Å². The van der Waals surface area contributed by atoms with Crippen molar-refractivity contribution in [2.75, 3.05) is 5.75 Å². The Kier molecular flexibility index (Phi) is 5.75. The first-order chi connectivity index (χ1) is 14.4. The van der Waals surface area contributed by atoms with Crippen LogP contribution in [0.2, 0.25) is 0 Å². The van der Waals surface area contributed by atoms with Gasteiger partial charge in [0.1, 0.15) is 4.83 Å². The number of ketones is 1. The van der Waals surface area contributed by atoms with E-state index in [1.54, 1.807) is 10.6 Å². The zero-order chi connectivity index (χ0) is 21.4. The van der Waals surface area contributed by atoms with Gasteiger partial charge in [0.15, 0.2) is 10.9 Å². The first-order valence-electron chi connectivity index (χ1n) is 9.79. The highest BCUT2D eigenvalue weighted by atomic mass is 32.2. The molecule has 1 aliphatic carbocycles. The van der Waals surface area contributed by atoms with E-state index < -0.39 is 4.92 Å². The highest BCUT2D eigenvalue weighted by Gasteiger charge is 2.25. The molecule has 0 bridgehead atoms. The Morgan fingerprint density at radius 1 is 1.33 bits per heavy atom. The summed E-state index contributed by atoms with van der Waals surface area (Å²) in [7, 11) is 0. The van der Waals surface area contributed by atoms with Crippen molar-refractivity contribution in [1.82, 2.24) is 9.55 Å². The zero-order valence-corrected chi connectivity index (χ0v) is 18.3. The minimum Gasteiger partial charge on any atom is -0.293 e. The number of hydrogen-bond donors (Lipinski definition) is 0. The molecule has 0 unspecified atom stereocenters. The highest BCUT2D eigenvalue weighted by Crippen LogP contribution is 2.34. The first kappa shape index (κ1) is 20.7. The van der Waals surface area contributed by atoms with Crippen LogP contribution in [0.4, 0.5) is 5.69 Å². The number of aromatic nitrogens is 2. The zero-order valence-electron chi connectivity index (χ0n) is 16.7. The van der Waals surface area contributed by atoms with Crippen molar-refractivity contribution in [2.45, 2.75) is 50.7 Å². The Morgan fingerprint density at radius 2 is 2.07 bits per heavy atom. The van der Waals surface area contributed by atoms with Crippen molar-refractivity contribution >= 4 is 44.8 Å². The van der Waals surface area contributed by atoms with Crippen molar-refractivity contribution in [1.29, 1.82) is 0 Å². The molecule has 1 aromatic carbocycles. The van der Waals surface area contributed by atoms with E-state index in [1.807, 2.05) is 13.8 Å². The van der Waals surface area contributed by atoms with Gasteiger partial charge in [-0.25, -0.2) is 4.98 Å². The molecular formula is C21H21N3O4S2. The second-order valence-corrected chi connectivity index (χ2v) is 9.64. The summed E-state index contributed by atoms with van der Waals surface area (Å²) < 4.78 is 1.78. The van der Waals surface area contributed by atoms with Crippen LogP contribution in [-0.4, -0.2) is 26.0 Å². The van der Waals surface area contributed by atoms with Gasteiger partial charge in [0.2, 0.25) is 0 Å². The lowest BCUT2D eigenvalue weighted by Gasteiger charge is -2.17. The van der Waals surface area contributed by atoms with E-state index >= 15 is 0 Å². The van der Waals surface area contributed by atoms with Crippen molar-refractivity contribution in [2.24, 2.45) is 0 Å². The summed E-state index contributed by atoms with van der Waals surface area (Å²) in [6, 6.07) is 5.83. The van der Waals surface area contributed by atoms with Crippen LogP contribution in [0.1, 0.15) is 52.5 Å². The number of aryl methyl sites for hydroxylation is 2. The van der Waals surface area contributed by atoms with Crippen molar-refractivity contribution in [3.05, 3.63) is 60.7 Å². The molecule has 0 radical (unpaired) electrons. The molecule has 0 aliphatic heterocycles. The number of nitro groups is 1. The smallest absolute Gasteiger partial charge is 0.270 e. The summed E-state index contributed by atoms with van der Waals surface area (Å²) in [6.07, 6.45) is 4.02. The third-order valence-corrected chi connectivity index (χ3v) is 7.66. The summed E-state index contributed by atoms with van der Waals surface area (Å²) in [4.78, 5) is 43.0. The molecule has 1 aliphatic rings. The van der Waals surface area contributed by atoms with Crippen molar-refractivity contribution < 1.29 is 9.72 Å². The number of fused-ring (bicyclic) bond motifs is 1. The number of carbonyl (C=O) groups excluding carboxylic acids is 1. The molecule has 0 spiro atoms. The van der Waals surface area contributed by atoms with Crippen LogP contribution in [0.15, 0.2) is 34.2 Å². The van der Waals surface area contributed by atoms with Crippen LogP contribution in [0, 0.1) is 24.0 Å². The number of carbonyl (C=O) groups is 1. The fourth-order valence-electron chi connectivity index (χ4n) is 3.88. The van der Waals surface area contributed by atoms with Gasteiger partial charge in [-0.05, 0) is 32.3 Å². The van der Waals surface area contributed by atoms with Gasteiger partial charge in [0, 0.05) is 28.6 Å². The number of nitro benzene ring substituents is 1. The van der Waals surface area contributed by atoms with Crippen molar-refractivity contribution in [3.8, 4) is 0 Å². The third kappa shape index (κ3) is 3.79. The van der Waals surface area contributed by atoms with Gasteiger partial charge in [-0.3, -0.25) is 24.3 Å². The number of non-ortho nitro benzene ring substituents is 1. The van der Waals surface area contributed by atoms with E-state index in [0.717, 1.165) is 36.1 Å². The van der Waals surface area contributed by atoms with E-state index in [-0.39, 0.29) is 34.4 Å². The van der Waals surface area contributed by atoms with E-state index in [0.29, 0.717) is 15.4 Å². The Bertz CT molecular complexity index is 1210. The summed E-state index contributed by atoms with van der Waals surface area (Å²) in [6.45, 7) is 3.94. The maximum absolute atomic E-state index is 13.4. The molecule has 7 nitrogen and oxygen atoms in total. The molecule has 9 heteroatoms. The normalized spacial score (nSPS) is 14.5. The predicted octanol–water partition coefficient (Wildman–Crippen LogP) is 5.07. The van der Waals surface area contributed by atoms with Crippen molar-refractivity contribution in [3.63, 3.8) is 0 Å². The third-order valence-electron chi connectivity index (χ3n) is 5.60. The maximum Gasteiger partial charge on any atom is 0.270 e. The maximum atomic E-state index is 13.4. The fourth-order valence-corrected chi connectivity index (χ4v) is 5.91. The molecule has 2 heterocycles. The lowest BCUT2D eigenvalue weighted by atomic mass is 10.1. The quantitative estimate of drug-likeness (QED) is 0.173. The van der Waals surface area contributed by atoms with Gasteiger partial charge in [0.05, 0.1) is 16.1 Å². The van der Waals surface area contributed by atoms with Crippen LogP contribution >= 0.6 is 23.1 Å². The molecule has 156 valence electrons. The van der Waals surface area contributed by atoms with Gasteiger partial charge >= 0.3 is 0 Å². The molecular weight excluding hydrogens is 422 g/mol. The molecule has 0 saturated heterocycles. The molecule has 4 rings (SSSR count). The van der Waals surface area contributed by atoms with Crippen LogP contribution in [0.5, 0.6) is 0 Å². The fraction of sp³-hybridized carbons (Fsp3) is 0.381. The molecule has 0 N–H and O–H groups in total. The number of thioether (sulfide) groups is 1. The molecule has 0 atom stereocenters. The Morgan fingerprint density at radius 3 is 2.77 bits per heavy atom. The number of hydrogen-bond acceptors (Lipinski definition) is 7. The topological polar surface area (TPSA) is 95.1 Å². The first-order valence-corrected chi connectivity index (χ1v) is 11.6. The molecule has 1 saturated carbocycles. The summed E-state index contributed by atoms with van der Waals surface area (Å²) >= 11 is 2.73. The molecule has 2 aromatic heterocycles. The van der Waals surface area contributed by atoms with E-state index in [2.05, 4.69) is 0 Å². The Hall–Kier alpha value is -2.52. The number of thiophene rings is 1. The molecule has 30 heavy (non-hydrogen) atoms. The summed E-state index contributed by atoms with van der Waals surface area (Å²) in [5.74, 6) is -0.163. The largest absolute Gasteiger partial charge is 0.293 e. The lowest BCUT2D eigenvalue weighted by molar-refractivity contribution is -0.384. The van der Waals surface area contributed by atoms with E-state index in [1.165, 1.54) is 41.3 Å². The van der Waals surface area contributed by atoms with E-state index in [9.17, 15) is 19.7 Å². The Balaban J connectivity index is 1.69. The molecule has 0 amide bonds. The molecule has 3 aromatic rings. The lowest BCUT2D eigenvalue weighted by Crippen LogP contribution is -2.26.